The predicted octanol–water partition coefficient (Wildman–Crippen LogP) is 1.74. The third-order valence-corrected chi connectivity index (χ3v) is 3.63. The minimum atomic E-state index is -0.312. The number of nitrogens with two attached hydrogens (primary N) is 1. The molecule has 76 valence electrons. The van der Waals surface area contributed by atoms with Gasteiger partial charge in [0.25, 0.3) is 0 Å². The Hall–Kier alpha value is -0.870. The summed E-state index contributed by atoms with van der Waals surface area (Å²) in [6.07, 6.45) is 2.00. The number of ether oxygens (including phenoxy) is 1. The van der Waals surface area contributed by atoms with Gasteiger partial charge in [0.2, 0.25) is 5.91 Å². The van der Waals surface area contributed by atoms with Crippen molar-refractivity contribution < 1.29 is 9.53 Å². The monoisotopic (exact) mass is 211 g/mol. The molecule has 0 bridgehead atoms. The van der Waals surface area contributed by atoms with Gasteiger partial charge < -0.3 is 10.5 Å². The summed E-state index contributed by atoms with van der Waals surface area (Å²) in [5.74, 6) is 0.152. The van der Waals surface area contributed by atoms with Crippen molar-refractivity contribution in [3.63, 3.8) is 0 Å². The first-order valence-electron chi connectivity index (χ1n) is 4.74. The Bertz CT molecular complexity index is 329. The van der Waals surface area contributed by atoms with Crippen LogP contribution in [0.3, 0.4) is 0 Å². The molecule has 3 nitrogen and oxygen atoms in total. The van der Waals surface area contributed by atoms with E-state index in [1.807, 2.05) is 11.4 Å². The van der Waals surface area contributed by atoms with Crippen LogP contribution in [0.1, 0.15) is 34.0 Å². The highest BCUT2D eigenvalue weighted by molar-refractivity contribution is 7.10. The van der Waals surface area contributed by atoms with Gasteiger partial charge in [-0.3, -0.25) is 4.79 Å². The lowest BCUT2D eigenvalue weighted by Gasteiger charge is -2.21. The van der Waals surface area contributed by atoms with Gasteiger partial charge in [-0.25, -0.2) is 0 Å². The summed E-state index contributed by atoms with van der Waals surface area (Å²) in [6, 6.07) is 1.82. The molecule has 1 saturated heterocycles. The molecule has 2 N–H and O–H groups in total. The molecular formula is C10H13NO2S. The van der Waals surface area contributed by atoms with Crippen LogP contribution in [0, 0.1) is 0 Å². The molecule has 1 aromatic heterocycles. The highest BCUT2D eigenvalue weighted by atomic mass is 32.1. The first kappa shape index (κ1) is 9.68. The van der Waals surface area contributed by atoms with E-state index in [4.69, 9.17) is 10.5 Å². The molecule has 2 rings (SSSR count). The average molecular weight is 211 g/mol. The fraction of sp³-hybridized carbons (Fsp3) is 0.500. The largest absolute Gasteiger partial charge is 0.381 e. The van der Waals surface area contributed by atoms with Gasteiger partial charge in [0, 0.05) is 18.1 Å². The molecule has 14 heavy (non-hydrogen) atoms. The highest BCUT2D eigenvalue weighted by Crippen LogP contribution is 2.33. The van der Waals surface area contributed by atoms with E-state index in [2.05, 4.69) is 0 Å². The van der Waals surface area contributed by atoms with Crippen LogP contribution in [0.5, 0.6) is 0 Å². The molecule has 0 saturated carbocycles. The molecule has 1 aliphatic heterocycles. The van der Waals surface area contributed by atoms with Gasteiger partial charge in [-0.2, -0.15) is 0 Å². The number of hydrogen-bond donors (Lipinski definition) is 1. The molecule has 1 aliphatic rings. The third kappa shape index (κ3) is 1.81. The molecule has 0 unspecified atom stereocenters. The zero-order valence-corrected chi connectivity index (χ0v) is 8.68. The van der Waals surface area contributed by atoms with E-state index < -0.39 is 0 Å². The van der Waals surface area contributed by atoms with E-state index in [1.54, 1.807) is 11.3 Å². The SMILES string of the molecule is NC(=O)c1ccsc1C1CCOCC1. The molecule has 4 heteroatoms. The fourth-order valence-corrected chi connectivity index (χ4v) is 2.87. The maximum Gasteiger partial charge on any atom is 0.249 e. The van der Waals surface area contributed by atoms with Crippen LogP contribution < -0.4 is 5.73 Å². The molecule has 1 amide bonds. The third-order valence-electron chi connectivity index (χ3n) is 2.55. The van der Waals surface area contributed by atoms with E-state index >= 15 is 0 Å². The topological polar surface area (TPSA) is 52.3 Å². The van der Waals surface area contributed by atoms with Crippen molar-refractivity contribution in [1.82, 2.24) is 0 Å². The minimum Gasteiger partial charge on any atom is -0.381 e. The lowest BCUT2D eigenvalue weighted by Crippen LogP contribution is -2.18. The van der Waals surface area contributed by atoms with Gasteiger partial charge in [0.15, 0.2) is 0 Å². The van der Waals surface area contributed by atoms with Crippen LogP contribution in [-0.4, -0.2) is 19.1 Å². The Kier molecular flexibility index (Phi) is 2.84. The summed E-state index contributed by atoms with van der Waals surface area (Å²) in [5, 5.41) is 1.94. The van der Waals surface area contributed by atoms with E-state index in [1.165, 1.54) is 0 Å². The molecule has 1 fully saturated rings. The van der Waals surface area contributed by atoms with Crippen LogP contribution in [0.15, 0.2) is 11.4 Å². The number of thiophene rings is 1. The van der Waals surface area contributed by atoms with E-state index in [0.717, 1.165) is 30.9 Å². The zero-order valence-electron chi connectivity index (χ0n) is 7.86. The molecule has 0 spiro atoms. The molecule has 1 aromatic rings. The zero-order chi connectivity index (χ0) is 9.97. The van der Waals surface area contributed by atoms with Crippen molar-refractivity contribution in [2.45, 2.75) is 18.8 Å². The van der Waals surface area contributed by atoms with Crippen molar-refractivity contribution in [2.24, 2.45) is 5.73 Å². The minimum absolute atomic E-state index is 0.312. The first-order chi connectivity index (χ1) is 6.79. The quantitative estimate of drug-likeness (QED) is 0.810. The van der Waals surface area contributed by atoms with Gasteiger partial charge in [-0.15, -0.1) is 11.3 Å². The molecular weight excluding hydrogens is 198 g/mol. The van der Waals surface area contributed by atoms with E-state index in [0.29, 0.717) is 11.5 Å². The summed E-state index contributed by atoms with van der Waals surface area (Å²) >= 11 is 1.63. The highest BCUT2D eigenvalue weighted by Gasteiger charge is 2.21. The van der Waals surface area contributed by atoms with Crippen LogP contribution >= 0.6 is 11.3 Å². The van der Waals surface area contributed by atoms with Crippen LogP contribution in [0.2, 0.25) is 0 Å². The summed E-state index contributed by atoms with van der Waals surface area (Å²) in [6.45, 7) is 1.58. The van der Waals surface area contributed by atoms with Gasteiger partial charge in [0.1, 0.15) is 0 Å². The van der Waals surface area contributed by atoms with Gasteiger partial charge >= 0.3 is 0 Å². The lowest BCUT2D eigenvalue weighted by atomic mass is 9.96. The molecule has 0 aliphatic carbocycles. The second-order valence-electron chi connectivity index (χ2n) is 3.45. The Morgan fingerprint density at radius 2 is 2.21 bits per heavy atom. The van der Waals surface area contributed by atoms with Crippen molar-refractivity contribution >= 4 is 17.2 Å². The predicted molar refractivity (Wildman–Crippen MR) is 55.6 cm³/mol. The van der Waals surface area contributed by atoms with Crippen molar-refractivity contribution in [1.29, 1.82) is 0 Å². The fourth-order valence-electron chi connectivity index (χ4n) is 1.80. The summed E-state index contributed by atoms with van der Waals surface area (Å²) in [4.78, 5) is 12.3. The normalized spacial score (nSPS) is 18.3. The molecule has 0 radical (unpaired) electrons. The summed E-state index contributed by atoms with van der Waals surface area (Å²) < 4.78 is 5.29. The van der Waals surface area contributed by atoms with Crippen LogP contribution in [-0.2, 0) is 4.74 Å². The number of amides is 1. The van der Waals surface area contributed by atoms with Gasteiger partial charge in [-0.05, 0) is 30.2 Å². The number of carbonyl (C=O) groups is 1. The van der Waals surface area contributed by atoms with Gasteiger partial charge in [-0.1, -0.05) is 0 Å². The Balaban J connectivity index is 2.21. The standard InChI is InChI=1S/C10H13NO2S/c11-10(12)8-3-6-14-9(8)7-1-4-13-5-2-7/h3,6-7H,1-2,4-5H2,(H2,11,12). The van der Waals surface area contributed by atoms with E-state index in [9.17, 15) is 4.79 Å². The Labute approximate surface area is 86.9 Å². The Morgan fingerprint density at radius 3 is 2.86 bits per heavy atom. The molecule has 0 atom stereocenters. The van der Waals surface area contributed by atoms with Crippen molar-refractivity contribution in [2.75, 3.05) is 13.2 Å². The average Bonchev–Trinajstić information content (AvgIpc) is 2.67. The second-order valence-corrected chi connectivity index (χ2v) is 4.40. The lowest BCUT2D eigenvalue weighted by molar-refractivity contribution is 0.0852. The van der Waals surface area contributed by atoms with Gasteiger partial charge in [0.05, 0.1) is 5.56 Å². The summed E-state index contributed by atoms with van der Waals surface area (Å²) in [5.41, 5.74) is 6.00. The first-order valence-corrected chi connectivity index (χ1v) is 5.62. The maximum absolute atomic E-state index is 11.1. The molecule has 2 heterocycles. The van der Waals surface area contributed by atoms with E-state index in [-0.39, 0.29) is 5.91 Å². The van der Waals surface area contributed by atoms with Crippen molar-refractivity contribution in [3.8, 4) is 0 Å². The van der Waals surface area contributed by atoms with Crippen molar-refractivity contribution in [3.05, 3.63) is 21.9 Å². The number of hydrogen-bond acceptors (Lipinski definition) is 3. The van der Waals surface area contributed by atoms with Crippen LogP contribution in [0.4, 0.5) is 0 Å². The maximum atomic E-state index is 11.1. The Morgan fingerprint density at radius 1 is 1.50 bits per heavy atom. The number of primary amides is 1. The number of carbonyl (C=O) groups excluding carboxylic acids is 1. The smallest absolute Gasteiger partial charge is 0.249 e. The number of rotatable bonds is 2. The second kappa shape index (κ2) is 4.11. The summed E-state index contributed by atoms with van der Waals surface area (Å²) in [7, 11) is 0. The molecule has 0 aromatic carbocycles. The van der Waals surface area contributed by atoms with Crippen LogP contribution in [0.25, 0.3) is 0 Å².